The monoisotopic (exact) mass is 454 g/mol. The van der Waals surface area contributed by atoms with Crippen molar-refractivity contribution in [3.63, 3.8) is 0 Å². The Morgan fingerprint density at radius 3 is 2.41 bits per heavy atom. The van der Waals surface area contributed by atoms with Crippen molar-refractivity contribution >= 4 is 17.2 Å². The zero-order valence-corrected chi connectivity index (χ0v) is 21.0. The first-order valence-electron chi connectivity index (χ1n) is 12.1. The van der Waals surface area contributed by atoms with Crippen molar-refractivity contribution in [2.75, 3.05) is 26.2 Å². The van der Waals surface area contributed by atoms with Gasteiger partial charge in [-0.2, -0.15) is 0 Å². The average Bonchev–Trinajstić information content (AvgIpc) is 3.20. The molecule has 2 saturated heterocycles. The molecule has 1 amide bonds. The third-order valence-electron chi connectivity index (χ3n) is 7.17. The van der Waals surface area contributed by atoms with E-state index in [-0.39, 0.29) is 5.91 Å². The lowest BCUT2D eigenvalue weighted by Gasteiger charge is -2.41. The molecule has 1 aromatic carbocycles. The molecule has 0 aliphatic carbocycles. The van der Waals surface area contributed by atoms with E-state index >= 15 is 0 Å². The molecule has 2 aromatic rings. The van der Waals surface area contributed by atoms with Gasteiger partial charge in [0.05, 0.1) is 9.88 Å². The van der Waals surface area contributed by atoms with Gasteiger partial charge < -0.3 is 10.2 Å². The first-order valence-corrected chi connectivity index (χ1v) is 12.9. The fraction of sp³-hybridized carbons (Fsp3) is 0.615. The quantitative estimate of drug-likeness (QED) is 0.650. The molecule has 2 aliphatic rings. The summed E-state index contributed by atoms with van der Waals surface area (Å²) in [5, 5.41) is 4.28. The van der Waals surface area contributed by atoms with Crippen LogP contribution in [-0.4, -0.2) is 59.0 Å². The fourth-order valence-corrected chi connectivity index (χ4v) is 5.93. The van der Waals surface area contributed by atoms with Crippen LogP contribution in [0.15, 0.2) is 24.4 Å². The van der Waals surface area contributed by atoms with Crippen LogP contribution in [0.25, 0.3) is 10.4 Å². The Bertz CT molecular complexity index is 924. The predicted octanol–water partition coefficient (Wildman–Crippen LogP) is 4.84. The van der Waals surface area contributed by atoms with Gasteiger partial charge >= 0.3 is 0 Å². The molecular weight excluding hydrogens is 416 g/mol. The largest absolute Gasteiger partial charge is 0.352 e. The van der Waals surface area contributed by atoms with Crippen molar-refractivity contribution < 1.29 is 4.79 Å². The van der Waals surface area contributed by atoms with Gasteiger partial charge in [-0.05, 0) is 82.3 Å². The van der Waals surface area contributed by atoms with Crippen LogP contribution in [0.1, 0.15) is 75.4 Å². The minimum absolute atomic E-state index is 0.0256. The molecule has 0 saturated carbocycles. The highest BCUT2D eigenvalue weighted by Gasteiger charge is 2.32. The van der Waals surface area contributed by atoms with Gasteiger partial charge in [-0.1, -0.05) is 12.1 Å². The Kier molecular flexibility index (Phi) is 7.33. The number of nitrogens with zero attached hydrogens (tertiary/aromatic N) is 3. The number of aromatic nitrogens is 1. The van der Waals surface area contributed by atoms with E-state index < -0.39 is 0 Å². The molecule has 3 heterocycles. The number of hydrogen-bond acceptors (Lipinski definition) is 5. The predicted molar refractivity (Wildman–Crippen MR) is 133 cm³/mol. The van der Waals surface area contributed by atoms with Crippen LogP contribution in [0.5, 0.6) is 0 Å². The Balaban J connectivity index is 1.54. The van der Waals surface area contributed by atoms with Gasteiger partial charge in [0.15, 0.2) is 0 Å². The van der Waals surface area contributed by atoms with E-state index in [4.69, 9.17) is 4.98 Å². The van der Waals surface area contributed by atoms with Gasteiger partial charge in [0.25, 0.3) is 0 Å². The lowest BCUT2D eigenvalue weighted by atomic mass is 9.85. The van der Waals surface area contributed by atoms with Gasteiger partial charge in [0.2, 0.25) is 5.91 Å². The van der Waals surface area contributed by atoms with Gasteiger partial charge in [-0.3, -0.25) is 9.69 Å². The zero-order chi connectivity index (χ0) is 22.8. The summed E-state index contributed by atoms with van der Waals surface area (Å²) in [4.78, 5) is 22.7. The number of benzene rings is 1. The minimum Gasteiger partial charge on any atom is -0.352 e. The van der Waals surface area contributed by atoms with Gasteiger partial charge in [-0.25, -0.2) is 4.98 Å². The van der Waals surface area contributed by atoms with Crippen molar-refractivity contribution in [1.82, 2.24) is 20.1 Å². The molecule has 4 rings (SSSR count). The molecule has 1 N–H and O–H groups in total. The molecule has 0 radical (unpaired) electrons. The van der Waals surface area contributed by atoms with E-state index in [9.17, 15) is 4.79 Å². The normalized spacial score (nSPS) is 19.0. The number of likely N-dealkylation sites (tertiary alicyclic amines) is 2. The number of rotatable bonds is 7. The molecule has 1 aromatic heterocycles. The lowest BCUT2D eigenvalue weighted by molar-refractivity contribution is -0.119. The highest BCUT2D eigenvalue weighted by Crippen LogP contribution is 2.38. The third-order valence-corrected chi connectivity index (χ3v) is 8.38. The summed E-state index contributed by atoms with van der Waals surface area (Å²) < 4.78 is 0. The fourth-order valence-electron chi connectivity index (χ4n) is 4.94. The Labute approximate surface area is 197 Å². The van der Waals surface area contributed by atoms with Crippen LogP contribution in [0.3, 0.4) is 0 Å². The summed E-state index contributed by atoms with van der Waals surface area (Å²) in [5.74, 6) is 1.15. The standard InChI is InChI=1S/C26H38N4OS/c1-17(2)29-10-8-20(9-11-29)24-12-21(6-7-22(24)13-27-19(5)31)25-14-28-26(32-25)23-15-30(16-23)18(3)4/h6-7,12,14,17-18,20,23H,8-11,13,15-16H2,1-5H3,(H,27,31). The molecule has 0 bridgehead atoms. The maximum Gasteiger partial charge on any atom is 0.217 e. The first kappa shape index (κ1) is 23.4. The molecule has 2 fully saturated rings. The minimum atomic E-state index is 0.0256. The number of hydrogen-bond donors (Lipinski definition) is 1. The van der Waals surface area contributed by atoms with Crippen molar-refractivity contribution in [1.29, 1.82) is 0 Å². The van der Waals surface area contributed by atoms with Crippen molar-refractivity contribution in [3.8, 4) is 10.4 Å². The summed E-state index contributed by atoms with van der Waals surface area (Å²) in [6.45, 7) is 15.8. The highest BCUT2D eigenvalue weighted by atomic mass is 32.1. The number of amides is 1. The molecule has 0 atom stereocenters. The number of carbonyl (C=O) groups is 1. The van der Waals surface area contributed by atoms with Crippen LogP contribution in [-0.2, 0) is 11.3 Å². The summed E-state index contributed by atoms with van der Waals surface area (Å²) in [6.07, 6.45) is 4.41. The van der Waals surface area contributed by atoms with E-state index in [1.807, 2.05) is 11.3 Å². The highest BCUT2D eigenvalue weighted by molar-refractivity contribution is 7.15. The molecule has 6 heteroatoms. The number of nitrogens with one attached hydrogen (secondary N) is 1. The smallest absolute Gasteiger partial charge is 0.217 e. The zero-order valence-electron chi connectivity index (χ0n) is 20.2. The van der Waals surface area contributed by atoms with Crippen LogP contribution in [0.2, 0.25) is 0 Å². The second-order valence-corrected chi connectivity index (χ2v) is 11.1. The Morgan fingerprint density at radius 2 is 1.78 bits per heavy atom. The van der Waals surface area contributed by atoms with Gasteiger partial charge in [0.1, 0.15) is 0 Å². The number of piperidine rings is 1. The average molecular weight is 455 g/mol. The molecule has 2 aliphatic heterocycles. The third kappa shape index (κ3) is 5.24. The van der Waals surface area contributed by atoms with E-state index in [0.29, 0.717) is 30.5 Å². The summed E-state index contributed by atoms with van der Waals surface area (Å²) in [7, 11) is 0. The molecular formula is C26H38N4OS. The van der Waals surface area contributed by atoms with E-state index in [1.165, 1.54) is 39.4 Å². The second-order valence-electron chi connectivity index (χ2n) is 10.0. The van der Waals surface area contributed by atoms with E-state index in [2.05, 4.69) is 67.2 Å². The molecule has 32 heavy (non-hydrogen) atoms. The van der Waals surface area contributed by atoms with Crippen molar-refractivity contribution in [2.24, 2.45) is 0 Å². The van der Waals surface area contributed by atoms with Crippen LogP contribution in [0, 0.1) is 0 Å². The van der Waals surface area contributed by atoms with Gasteiger partial charge in [-0.15, -0.1) is 11.3 Å². The topological polar surface area (TPSA) is 48.5 Å². The lowest BCUT2D eigenvalue weighted by Crippen LogP contribution is -2.48. The maximum absolute atomic E-state index is 11.5. The van der Waals surface area contributed by atoms with Crippen molar-refractivity contribution in [3.05, 3.63) is 40.5 Å². The van der Waals surface area contributed by atoms with Crippen LogP contribution in [0.4, 0.5) is 0 Å². The van der Waals surface area contributed by atoms with E-state index in [1.54, 1.807) is 6.92 Å². The molecule has 174 valence electrons. The Hall–Kier alpha value is -1.76. The van der Waals surface area contributed by atoms with Crippen LogP contribution >= 0.6 is 11.3 Å². The number of carbonyl (C=O) groups excluding carboxylic acids is 1. The molecule has 0 spiro atoms. The van der Waals surface area contributed by atoms with E-state index in [0.717, 1.165) is 26.2 Å². The maximum atomic E-state index is 11.5. The second kappa shape index (κ2) is 10.0. The molecule has 5 nitrogen and oxygen atoms in total. The SMILES string of the molecule is CC(=O)NCc1ccc(-c2cnc(C3CN(C(C)C)C3)s2)cc1C1CCN(C(C)C)CC1. The summed E-state index contributed by atoms with van der Waals surface area (Å²) in [6, 6.07) is 8.04. The van der Waals surface area contributed by atoms with Crippen molar-refractivity contribution in [2.45, 2.75) is 77.9 Å². The summed E-state index contributed by atoms with van der Waals surface area (Å²) >= 11 is 1.85. The molecule has 0 unspecified atom stereocenters. The van der Waals surface area contributed by atoms with Crippen LogP contribution < -0.4 is 5.32 Å². The van der Waals surface area contributed by atoms with Gasteiger partial charge in [0, 0.05) is 50.8 Å². The summed E-state index contributed by atoms with van der Waals surface area (Å²) in [5.41, 5.74) is 3.93. The first-order chi connectivity index (χ1) is 15.3. The number of thiazole rings is 1. The Morgan fingerprint density at radius 1 is 1.09 bits per heavy atom.